The molecule has 0 atom stereocenters. The van der Waals surface area contributed by atoms with E-state index in [-0.39, 0.29) is 5.56 Å². The third kappa shape index (κ3) is 2.23. The molecule has 0 saturated carbocycles. The number of Topliss-reactive ketones (excluding diaryl/α,β-unsaturated/α-hetero) is 1. The quantitative estimate of drug-likeness (QED) is 0.646. The summed E-state index contributed by atoms with van der Waals surface area (Å²) in [7, 11) is 0. The lowest BCUT2D eigenvalue weighted by Crippen LogP contribution is -2.13. The van der Waals surface area contributed by atoms with Crippen molar-refractivity contribution in [3.63, 3.8) is 0 Å². The van der Waals surface area contributed by atoms with Crippen molar-refractivity contribution in [2.45, 2.75) is 0 Å². The summed E-state index contributed by atoms with van der Waals surface area (Å²) in [5.74, 6) is -2.32. The summed E-state index contributed by atoms with van der Waals surface area (Å²) in [5.41, 5.74) is 1.68. The van der Waals surface area contributed by atoms with Gasteiger partial charge in [-0.3, -0.25) is 4.79 Å². The number of carboxylic acid groups (broad SMARTS) is 1. The van der Waals surface area contributed by atoms with E-state index in [2.05, 4.69) is 0 Å². The van der Waals surface area contributed by atoms with Crippen molar-refractivity contribution in [3.8, 4) is 11.1 Å². The van der Waals surface area contributed by atoms with Crippen LogP contribution in [0.15, 0.2) is 54.6 Å². The smallest absolute Gasteiger partial charge is 0.377 e. The number of carbonyl (C=O) groups is 2. The summed E-state index contributed by atoms with van der Waals surface area (Å²) in [4.78, 5) is 22.3. The van der Waals surface area contributed by atoms with E-state index >= 15 is 0 Å². The molecule has 84 valence electrons. The molecule has 2 aromatic rings. The van der Waals surface area contributed by atoms with Crippen LogP contribution in [0.4, 0.5) is 0 Å². The van der Waals surface area contributed by atoms with Gasteiger partial charge in [-0.05, 0) is 11.1 Å². The summed E-state index contributed by atoms with van der Waals surface area (Å²) in [6.07, 6.45) is 0. The highest BCUT2D eigenvalue weighted by Gasteiger charge is 2.18. The fourth-order valence-electron chi connectivity index (χ4n) is 1.67. The molecule has 0 aliphatic carbocycles. The van der Waals surface area contributed by atoms with Gasteiger partial charge in [-0.1, -0.05) is 54.6 Å². The summed E-state index contributed by atoms with van der Waals surface area (Å²) in [6, 6.07) is 15.9. The molecule has 2 aromatic carbocycles. The molecule has 1 N–H and O–H groups in total. The van der Waals surface area contributed by atoms with Crippen molar-refractivity contribution in [1.29, 1.82) is 0 Å². The Morgan fingerprint density at radius 1 is 0.824 bits per heavy atom. The molecule has 0 saturated heterocycles. The minimum absolute atomic E-state index is 0.214. The van der Waals surface area contributed by atoms with Gasteiger partial charge in [-0.2, -0.15) is 0 Å². The highest BCUT2D eigenvalue weighted by atomic mass is 16.4. The van der Waals surface area contributed by atoms with E-state index in [0.717, 1.165) is 5.56 Å². The standard InChI is InChI=1S/C14H10O3/c15-13(14(16)17)12-9-5-4-8-11(12)10-6-2-1-3-7-10/h1-9H,(H,16,17). The minimum atomic E-state index is -1.44. The molecule has 0 aromatic heterocycles. The lowest BCUT2D eigenvalue weighted by atomic mass is 9.97. The van der Waals surface area contributed by atoms with E-state index in [0.29, 0.717) is 5.56 Å². The van der Waals surface area contributed by atoms with Crippen LogP contribution in [0.25, 0.3) is 11.1 Å². The second-order valence-electron chi connectivity index (χ2n) is 3.55. The first-order chi connectivity index (χ1) is 8.20. The number of ketones is 1. The van der Waals surface area contributed by atoms with Crippen molar-refractivity contribution in [2.75, 3.05) is 0 Å². The zero-order chi connectivity index (χ0) is 12.3. The van der Waals surface area contributed by atoms with Crippen molar-refractivity contribution in [3.05, 3.63) is 60.2 Å². The van der Waals surface area contributed by atoms with Gasteiger partial charge in [0.15, 0.2) is 0 Å². The third-order valence-corrected chi connectivity index (χ3v) is 2.45. The Labute approximate surface area is 98.3 Å². The number of hydrogen-bond acceptors (Lipinski definition) is 2. The fraction of sp³-hybridized carbons (Fsp3) is 0. The van der Waals surface area contributed by atoms with E-state index in [4.69, 9.17) is 5.11 Å². The molecular weight excluding hydrogens is 216 g/mol. The van der Waals surface area contributed by atoms with Gasteiger partial charge < -0.3 is 5.11 Å². The van der Waals surface area contributed by atoms with Gasteiger partial charge in [0.25, 0.3) is 5.78 Å². The topological polar surface area (TPSA) is 54.4 Å². The highest BCUT2D eigenvalue weighted by molar-refractivity contribution is 6.41. The number of aliphatic carboxylic acids is 1. The predicted octanol–water partition coefficient (Wildman–Crippen LogP) is 2.62. The van der Waals surface area contributed by atoms with Crippen molar-refractivity contribution in [2.24, 2.45) is 0 Å². The van der Waals surface area contributed by atoms with E-state index in [1.807, 2.05) is 30.3 Å². The maximum absolute atomic E-state index is 11.5. The van der Waals surface area contributed by atoms with Crippen LogP contribution in [0.5, 0.6) is 0 Å². The first-order valence-corrected chi connectivity index (χ1v) is 5.12. The average molecular weight is 226 g/mol. The first kappa shape index (κ1) is 11.1. The normalized spacial score (nSPS) is 9.88. The lowest BCUT2D eigenvalue weighted by Gasteiger charge is -2.06. The Balaban J connectivity index is 2.56. The lowest BCUT2D eigenvalue weighted by molar-refractivity contribution is -0.131. The second kappa shape index (κ2) is 4.61. The van der Waals surface area contributed by atoms with Crippen LogP contribution in [0.2, 0.25) is 0 Å². The van der Waals surface area contributed by atoms with E-state index in [9.17, 15) is 9.59 Å². The Hall–Kier alpha value is -2.42. The van der Waals surface area contributed by atoms with Gasteiger partial charge in [0.2, 0.25) is 0 Å². The van der Waals surface area contributed by atoms with Gasteiger partial charge in [-0.15, -0.1) is 0 Å². The Morgan fingerprint density at radius 3 is 2.06 bits per heavy atom. The predicted molar refractivity (Wildman–Crippen MR) is 63.8 cm³/mol. The van der Waals surface area contributed by atoms with Crippen molar-refractivity contribution < 1.29 is 14.7 Å². The van der Waals surface area contributed by atoms with Crippen LogP contribution >= 0.6 is 0 Å². The average Bonchev–Trinajstić information content (AvgIpc) is 2.39. The highest BCUT2D eigenvalue weighted by Crippen LogP contribution is 2.23. The molecule has 0 aliphatic heterocycles. The minimum Gasteiger partial charge on any atom is -0.475 e. The molecule has 0 unspecified atom stereocenters. The fourth-order valence-corrected chi connectivity index (χ4v) is 1.67. The molecule has 3 nitrogen and oxygen atoms in total. The SMILES string of the molecule is O=C(O)C(=O)c1ccccc1-c1ccccc1. The maximum Gasteiger partial charge on any atom is 0.377 e. The zero-order valence-electron chi connectivity index (χ0n) is 8.96. The molecule has 0 fully saturated rings. The van der Waals surface area contributed by atoms with E-state index in [1.165, 1.54) is 6.07 Å². The molecule has 2 rings (SSSR count). The van der Waals surface area contributed by atoms with Gasteiger partial charge in [-0.25, -0.2) is 4.79 Å². The number of benzene rings is 2. The molecular formula is C14H10O3. The largest absolute Gasteiger partial charge is 0.475 e. The van der Waals surface area contributed by atoms with Gasteiger partial charge >= 0.3 is 5.97 Å². The molecule has 0 radical (unpaired) electrons. The molecule has 0 amide bonds. The van der Waals surface area contributed by atoms with E-state index < -0.39 is 11.8 Å². The van der Waals surface area contributed by atoms with Crippen LogP contribution in [-0.2, 0) is 4.79 Å². The Bertz CT molecular complexity index is 559. The van der Waals surface area contributed by atoms with Crippen LogP contribution in [0.3, 0.4) is 0 Å². The maximum atomic E-state index is 11.5. The number of carboxylic acids is 1. The van der Waals surface area contributed by atoms with Crippen LogP contribution < -0.4 is 0 Å². The first-order valence-electron chi connectivity index (χ1n) is 5.12. The number of carbonyl (C=O) groups excluding carboxylic acids is 1. The Morgan fingerprint density at radius 2 is 1.41 bits per heavy atom. The summed E-state index contributed by atoms with van der Waals surface area (Å²) in [6.45, 7) is 0. The number of hydrogen-bond donors (Lipinski definition) is 1. The second-order valence-corrected chi connectivity index (χ2v) is 3.55. The molecule has 0 heterocycles. The molecule has 3 heteroatoms. The van der Waals surface area contributed by atoms with Gasteiger partial charge in [0, 0.05) is 5.56 Å². The summed E-state index contributed by atoms with van der Waals surface area (Å²) < 4.78 is 0. The Kier molecular flexibility index (Phi) is 3.01. The molecule has 0 bridgehead atoms. The number of rotatable bonds is 3. The third-order valence-electron chi connectivity index (χ3n) is 2.45. The molecule has 0 aliphatic rings. The summed E-state index contributed by atoms with van der Waals surface area (Å²) in [5, 5.41) is 8.76. The molecule has 0 spiro atoms. The summed E-state index contributed by atoms with van der Waals surface area (Å²) >= 11 is 0. The van der Waals surface area contributed by atoms with E-state index in [1.54, 1.807) is 18.2 Å². The van der Waals surface area contributed by atoms with Crippen molar-refractivity contribution >= 4 is 11.8 Å². The van der Waals surface area contributed by atoms with Crippen LogP contribution in [0.1, 0.15) is 10.4 Å². The van der Waals surface area contributed by atoms with Crippen LogP contribution in [-0.4, -0.2) is 16.9 Å². The van der Waals surface area contributed by atoms with Crippen LogP contribution in [0, 0.1) is 0 Å². The van der Waals surface area contributed by atoms with Crippen molar-refractivity contribution in [1.82, 2.24) is 0 Å². The van der Waals surface area contributed by atoms with Gasteiger partial charge in [0.05, 0.1) is 0 Å². The monoisotopic (exact) mass is 226 g/mol. The zero-order valence-corrected chi connectivity index (χ0v) is 8.96. The van der Waals surface area contributed by atoms with Gasteiger partial charge in [0.1, 0.15) is 0 Å². The molecule has 17 heavy (non-hydrogen) atoms.